The van der Waals surface area contributed by atoms with Crippen LogP contribution in [0.5, 0.6) is 11.6 Å². The van der Waals surface area contributed by atoms with Crippen LogP contribution in [0.1, 0.15) is 71.6 Å². The number of hydrogen-bond donors (Lipinski definition) is 1. The van der Waals surface area contributed by atoms with Crippen LogP contribution in [0.15, 0.2) is 107 Å². The molecular formula is C46H49N3O7Si. The van der Waals surface area contributed by atoms with Gasteiger partial charge in [-0.25, -0.2) is 0 Å². The Bertz CT molecular complexity index is 2350. The van der Waals surface area contributed by atoms with E-state index >= 15 is 9.59 Å². The number of benzene rings is 3. The largest absolute Gasteiger partial charge is 0.507 e. The third-order valence-electron chi connectivity index (χ3n) is 12.3. The van der Waals surface area contributed by atoms with Crippen LogP contribution in [0, 0.1) is 11.8 Å². The highest BCUT2D eigenvalue weighted by atomic mass is 28.4. The first-order valence-corrected chi connectivity index (χ1v) is 22.4. The summed E-state index contributed by atoms with van der Waals surface area (Å²) in [6.45, 7) is 10.7. The van der Waals surface area contributed by atoms with Crippen molar-refractivity contribution in [1.29, 1.82) is 0 Å². The van der Waals surface area contributed by atoms with Crippen molar-refractivity contribution in [2.45, 2.75) is 76.6 Å². The molecule has 3 aromatic carbocycles. The second-order valence-electron chi connectivity index (χ2n) is 17.1. The Balaban J connectivity index is 1.31. The van der Waals surface area contributed by atoms with Crippen molar-refractivity contribution < 1.29 is 33.1 Å². The van der Waals surface area contributed by atoms with Crippen molar-refractivity contribution in [3.8, 4) is 22.9 Å². The number of aliphatic hydroxyl groups is 1. The average molecular weight is 784 g/mol. The van der Waals surface area contributed by atoms with E-state index in [9.17, 15) is 5.11 Å². The summed E-state index contributed by atoms with van der Waals surface area (Å²) in [6, 6.07) is 28.4. The molecule has 11 heteroatoms. The number of carbonyl (C=O) groups excluding carboxylic acids is 2. The monoisotopic (exact) mass is 783 g/mol. The summed E-state index contributed by atoms with van der Waals surface area (Å²) in [5.74, 6) is -1.68. The molecule has 1 saturated carbocycles. The van der Waals surface area contributed by atoms with Crippen molar-refractivity contribution in [3.05, 3.63) is 136 Å². The zero-order chi connectivity index (χ0) is 40.3. The van der Waals surface area contributed by atoms with E-state index in [1.165, 1.54) is 0 Å². The number of pyridine rings is 1. The Morgan fingerprint density at radius 1 is 0.860 bits per heavy atom. The molecule has 8 rings (SSSR count). The van der Waals surface area contributed by atoms with Crippen LogP contribution in [0.4, 0.5) is 0 Å². The molecule has 5 aromatic rings. The maximum Gasteiger partial charge on any atom is 0.265 e. The number of fused-ring (bicyclic) bond motifs is 4. The predicted octanol–water partition coefficient (Wildman–Crippen LogP) is 9.18. The second kappa shape index (κ2) is 14.5. The minimum Gasteiger partial charge on any atom is -0.507 e. The van der Waals surface area contributed by atoms with Gasteiger partial charge in [-0.05, 0) is 72.8 Å². The van der Waals surface area contributed by atoms with Crippen LogP contribution in [0.2, 0.25) is 18.1 Å². The molecule has 2 aromatic heterocycles. The standard InChI is InChI=1S/C46H49N3O7Si/c1-45(2,3)57(6,7)56-46-33(38(49(4)5)41-36(43(46)52)44(48-55-41)54-27-29-19-13-9-14-20-29)24-31-23-32-25-47-37(30-21-15-10-16-22-30)40(34(32)39(50)35(31)42(46)51)53-26-28-17-11-8-12-18-28/h8-22,25,31,33,38,50H,23-24,26-27H2,1-7H3/t31-,33-,38-,46-/m0/s1. The van der Waals surface area contributed by atoms with Crippen LogP contribution in [0.25, 0.3) is 17.0 Å². The van der Waals surface area contributed by atoms with E-state index in [4.69, 9.17) is 23.4 Å². The number of rotatable bonds is 10. The van der Waals surface area contributed by atoms with Gasteiger partial charge in [0.1, 0.15) is 30.2 Å². The summed E-state index contributed by atoms with van der Waals surface area (Å²) < 4.78 is 26.1. The predicted molar refractivity (Wildman–Crippen MR) is 219 cm³/mol. The van der Waals surface area contributed by atoms with Gasteiger partial charge in [0.15, 0.2) is 25.4 Å². The Kier molecular flexibility index (Phi) is 9.82. The van der Waals surface area contributed by atoms with Gasteiger partial charge in [-0.3, -0.25) is 19.5 Å². The Morgan fingerprint density at radius 2 is 1.46 bits per heavy atom. The fraction of sp³-hybridized carbons (Fsp3) is 0.348. The summed E-state index contributed by atoms with van der Waals surface area (Å²) in [7, 11) is 0.909. The molecule has 0 saturated heterocycles. The molecule has 294 valence electrons. The number of ether oxygens (including phenoxy) is 2. The SMILES string of the molecule is CN(C)[C@@H]1c2onc(OCc3ccccc3)c2C(=O)[C@@]2(O[Si](C)(C)C(C)(C)C)C(=O)C3=C(O)c4c(cnc(-c5ccccc5)c4OCc4ccccc4)C[C@H]3C[C@@H]12. The third-order valence-corrected chi connectivity index (χ3v) is 16.7. The molecule has 10 nitrogen and oxygen atoms in total. The van der Waals surface area contributed by atoms with E-state index in [0.717, 1.165) is 22.3 Å². The molecular weight excluding hydrogens is 735 g/mol. The zero-order valence-electron chi connectivity index (χ0n) is 33.5. The van der Waals surface area contributed by atoms with Gasteiger partial charge in [-0.15, -0.1) is 0 Å². The smallest absolute Gasteiger partial charge is 0.265 e. The van der Waals surface area contributed by atoms with Gasteiger partial charge < -0.3 is 23.5 Å². The first kappa shape index (κ1) is 38.5. The molecule has 0 unspecified atom stereocenters. The lowest BCUT2D eigenvalue weighted by atomic mass is 9.57. The average Bonchev–Trinajstić information content (AvgIpc) is 3.61. The first-order chi connectivity index (χ1) is 27.2. The van der Waals surface area contributed by atoms with Gasteiger partial charge in [0.2, 0.25) is 11.6 Å². The second-order valence-corrected chi connectivity index (χ2v) is 21.9. The lowest BCUT2D eigenvalue weighted by molar-refractivity contribution is -0.140. The molecule has 3 aliphatic rings. The number of aliphatic hydroxyl groups excluding tert-OH is 1. The van der Waals surface area contributed by atoms with Crippen LogP contribution in [-0.4, -0.2) is 59.7 Å². The van der Waals surface area contributed by atoms with Gasteiger partial charge in [0.25, 0.3) is 5.88 Å². The van der Waals surface area contributed by atoms with Crippen LogP contribution in [-0.2, 0) is 28.9 Å². The number of aromatic nitrogens is 2. The summed E-state index contributed by atoms with van der Waals surface area (Å²) in [5.41, 5.74) is 2.60. The summed E-state index contributed by atoms with van der Waals surface area (Å²) in [6.07, 6.45) is 2.54. The lowest BCUT2D eigenvalue weighted by Crippen LogP contribution is -2.68. The highest BCUT2D eigenvalue weighted by Crippen LogP contribution is 2.59. The van der Waals surface area contributed by atoms with Gasteiger partial charge in [-0.1, -0.05) is 112 Å². The fourth-order valence-electron chi connectivity index (χ4n) is 8.48. The third kappa shape index (κ3) is 6.51. The Hall–Kier alpha value is -5.36. The van der Waals surface area contributed by atoms with E-state index in [-0.39, 0.29) is 41.0 Å². The molecule has 57 heavy (non-hydrogen) atoms. The van der Waals surface area contributed by atoms with E-state index in [1.807, 2.05) is 123 Å². The number of carbonyl (C=O) groups is 2. The Morgan fingerprint density at radius 3 is 2.05 bits per heavy atom. The van der Waals surface area contributed by atoms with Gasteiger partial charge in [0.05, 0.1) is 11.6 Å². The minimum atomic E-state index is -2.90. The molecule has 4 atom stereocenters. The molecule has 1 fully saturated rings. The normalized spacial score (nSPS) is 21.8. The van der Waals surface area contributed by atoms with Gasteiger partial charge in [-0.2, -0.15) is 0 Å². The van der Waals surface area contributed by atoms with Crippen LogP contribution >= 0.6 is 0 Å². The van der Waals surface area contributed by atoms with E-state index in [1.54, 1.807) is 6.20 Å². The maximum absolute atomic E-state index is 15.9. The number of nitrogens with zero attached hydrogens (tertiary/aromatic N) is 3. The molecule has 2 heterocycles. The van der Waals surface area contributed by atoms with Crippen molar-refractivity contribution in [2.24, 2.45) is 11.8 Å². The number of hydrogen-bond acceptors (Lipinski definition) is 10. The number of Topliss-reactive ketones (excluding diaryl/α,β-unsaturated/α-hetero) is 2. The topological polar surface area (TPSA) is 124 Å². The Labute approximate surface area is 334 Å². The molecule has 3 aliphatic carbocycles. The van der Waals surface area contributed by atoms with Gasteiger partial charge in [0, 0.05) is 23.3 Å². The van der Waals surface area contributed by atoms with E-state index in [2.05, 4.69) is 25.9 Å². The highest BCUT2D eigenvalue weighted by Gasteiger charge is 2.69. The lowest BCUT2D eigenvalue weighted by Gasteiger charge is -2.55. The van der Waals surface area contributed by atoms with E-state index < -0.39 is 43.4 Å². The molecule has 0 bridgehead atoms. The molecule has 0 spiro atoms. The van der Waals surface area contributed by atoms with Crippen molar-refractivity contribution in [3.63, 3.8) is 0 Å². The fourth-order valence-corrected chi connectivity index (χ4v) is 9.93. The minimum absolute atomic E-state index is 0.0136. The highest BCUT2D eigenvalue weighted by molar-refractivity contribution is 6.74. The molecule has 0 amide bonds. The zero-order valence-corrected chi connectivity index (χ0v) is 34.5. The summed E-state index contributed by atoms with van der Waals surface area (Å²) >= 11 is 0. The molecule has 1 N–H and O–H groups in total. The van der Waals surface area contributed by atoms with Crippen LogP contribution in [0.3, 0.4) is 0 Å². The number of ketones is 2. The van der Waals surface area contributed by atoms with E-state index in [0.29, 0.717) is 35.6 Å². The summed E-state index contributed by atoms with van der Waals surface area (Å²) in [5, 5.41) is 16.6. The quantitative estimate of drug-likeness (QED) is 0.108. The maximum atomic E-state index is 15.9. The van der Waals surface area contributed by atoms with Crippen molar-refractivity contribution in [1.82, 2.24) is 15.0 Å². The van der Waals surface area contributed by atoms with Crippen molar-refractivity contribution in [2.75, 3.05) is 14.1 Å². The van der Waals surface area contributed by atoms with Crippen LogP contribution < -0.4 is 9.47 Å². The van der Waals surface area contributed by atoms with Crippen molar-refractivity contribution >= 4 is 25.6 Å². The summed E-state index contributed by atoms with van der Waals surface area (Å²) in [4.78, 5) is 38.3. The molecule has 0 radical (unpaired) electrons. The van der Waals surface area contributed by atoms with Gasteiger partial charge >= 0.3 is 0 Å². The first-order valence-electron chi connectivity index (χ1n) is 19.5. The molecule has 0 aliphatic heterocycles.